The average molecular weight is 326 g/mol. The summed E-state index contributed by atoms with van der Waals surface area (Å²) in [6, 6.07) is 0. The Morgan fingerprint density at radius 3 is 2.23 bits per heavy atom. The van der Waals surface area contributed by atoms with Crippen LogP contribution < -0.4 is 16.8 Å². The van der Waals surface area contributed by atoms with Crippen LogP contribution in [-0.2, 0) is 4.79 Å². The number of aromatic nitrogens is 1. The number of rotatable bonds is 9. The van der Waals surface area contributed by atoms with E-state index in [0.29, 0.717) is 11.4 Å². The van der Waals surface area contributed by atoms with Crippen molar-refractivity contribution in [1.82, 2.24) is 4.98 Å². The summed E-state index contributed by atoms with van der Waals surface area (Å²) in [7, 11) is 0. The van der Waals surface area contributed by atoms with Gasteiger partial charge in [0.25, 0.3) is 11.8 Å². The van der Waals surface area contributed by atoms with E-state index in [9.17, 15) is 14.4 Å². The molecule has 0 spiro atoms. The van der Waals surface area contributed by atoms with Crippen LogP contribution in [0, 0.1) is 0 Å². The van der Waals surface area contributed by atoms with Gasteiger partial charge in [-0.15, -0.1) is 11.8 Å². The maximum absolute atomic E-state index is 11.9. The molecule has 0 saturated heterocycles. The van der Waals surface area contributed by atoms with Crippen molar-refractivity contribution in [2.75, 3.05) is 11.6 Å². The highest BCUT2D eigenvalue weighted by Gasteiger charge is 2.25. The normalized spacial score (nSPS) is 10.5. The van der Waals surface area contributed by atoms with Crippen molar-refractivity contribution in [3.8, 4) is 0 Å². The molecular weight excluding hydrogens is 304 g/mol. The number of nitrogens with two attached hydrogens (primary N) is 2. The van der Waals surface area contributed by atoms with Crippen molar-refractivity contribution in [3.63, 3.8) is 0 Å². The van der Waals surface area contributed by atoms with Gasteiger partial charge in [0.15, 0.2) is 0 Å². The summed E-state index contributed by atoms with van der Waals surface area (Å²) in [5, 5.41) is 3.01. The summed E-state index contributed by atoms with van der Waals surface area (Å²) in [4.78, 5) is 37.9. The molecule has 0 atom stereocenters. The summed E-state index contributed by atoms with van der Waals surface area (Å²) in [5.41, 5.74) is 10.5. The van der Waals surface area contributed by atoms with E-state index in [4.69, 9.17) is 11.5 Å². The van der Waals surface area contributed by atoms with E-state index in [0.717, 1.165) is 25.7 Å². The standard InChI is InChI=1S/C14H22N4O3S/c1-3-4-5-6-7-8(19)17-13-9(11(15)20)10(12(16)21)14(18-13)22-2/h18H,3-7H2,1-2H3,(H2,15,20)(H2,16,21)(H,17,19). The highest BCUT2D eigenvalue weighted by molar-refractivity contribution is 7.98. The SMILES string of the molecule is CCCCCCC(=O)Nc1[nH]c(SC)c(C(N)=O)c1C(N)=O. The Kier molecular flexibility index (Phi) is 6.97. The molecule has 0 radical (unpaired) electrons. The second-order valence-electron chi connectivity index (χ2n) is 4.87. The minimum Gasteiger partial charge on any atom is -0.365 e. The number of hydrogen-bond donors (Lipinski definition) is 4. The highest BCUT2D eigenvalue weighted by Crippen LogP contribution is 2.29. The van der Waals surface area contributed by atoms with E-state index in [1.54, 1.807) is 6.26 Å². The molecule has 0 bridgehead atoms. The van der Waals surface area contributed by atoms with Crippen molar-refractivity contribution in [3.05, 3.63) is 11.1 Å². The zero-order chi connectivity index (χ0) is 16.7. The molecule has 1 heterocycles. The largest absolute Gasteiger partial charge is 0.365 e. The van der Waals surface area contributed by atoms with Crippen molar-refractivity contribution < 1.29 is 14.4 Å². The second-order valence-corrected chi connectivity index (χ2v) is 5.69. The lowest BCUT2D eigenvalue weighted by atomic mass is 10.1. The fourth-order valence-electron chi connectivity index (χ4n) is 2.12. The van der Waals surface area contributed by atoms with Gasteiger partial charge in [0.1, 0.15) is 5.82 Å². The molecule has 1 rings (SSSR count). The van der Waals surface area contributed by atoms with Gasteiger partial charge in [-0.05, 0) is 12.7 Å². The van der Waals surface area contributed by atoms with E-state index in [2.05, 4.69) is 17.2 Å². The number of thioether (sulfide) groups is 1. The van der Waals surface area contributed by atoms with E-state index < -0.39 is 11.8 Å². The Morgan fingerprint density at radius 2 is 1.73 bits per heavy atom. The first-order chi connectivity index (χ1) is 10.4. The Labute approximate surface area is 133 Å². The monoisotopic (exact) mass is 326 g/mol. The molecule has 7 nitrogen and oxygen atoms in total. The van der Waals surface area contributed by atoms with E-state index in [1.165, 1.54) is 11.8 Å². The molecule has 122 valence electrons. The van der Waals surface area contributed by atoms with Crippen LogP contribution in [0.15, 0.2) is 5.03 Å². The maximum atomic E-state index is 11.9. The minimum atomic E-state index is -0.813. The number of aromatic amines is 1. The molecule has 3 amide bonds. The zero-order valence-electron chi connectivity index (χ0n) is 12.8. The molecule has 0 aliphatic heterocycles. The molecule has 0 aromatic carbocycles. The number of primary amides is 2. The predicted molar refractivity (Wildman–Crippen MR) is 87.0 cm³/mol. The smallest absolute Gasteiger partial charge is 0.253 e. The predicted octanol–water partition coefficient (Wildman–Crippen LogP) is 1.84. The topological polar surface area (TPSA) is 131 Å². The van der Waals surface area contributed by atoms with Crippen LogP contribution in [0.1, 0.15) is 59.7 Å². The molecule has 0 unspecified atom stereocenters. The second kappa shape index (κ2) is 8.47. The van der Waals surface area contributed by atoms with Crippen molar-refractivity contribution in [2.45, 2.75) is 44.1 Å². The van der Waals surface area contributed by atoms with Crippen molar-refractivity contribution >= 4 is 35.3 Å². The fourth-order valence-corrected chi connectivity index (χ4v) is 2.73. The summed E-state index contributed by atoms with van der Waals surface area (Å²) in [6.45, 7) is 2.09. The van der Waals surface area contributed by atoms with Crippen LogP contribution in [0.3, 0.4) is 0 Å². The van der Waals surface area contributed by atoms with Crippen LogP contribution in [-0.4, -0.2) is 29.0 Å². The number of carbonyl (C=O) groups is 3. The first kappa shape index (κ1) is 18.1. The molecule has 1 aromatic heterocycles. The lowest BCUT2D eigenvalue weighted by molar-refractivity contribution is -0.116. The zero-order valence-corrected chi connectivity index (χ0v) is 13.6. The number of anilines is 1. The van der Waals surface area contributed by atoms with Crippen LogP contribution in [0.25, 0.3) is 0 Å². The van der Waals surface area contributed by atoms with E-state index in [1.807, 2.05) is 0 Å². The molecule has 6 N–H and O–H groups in total. The Bertz CT molecular complexity index is 569. The van der Waals surface area contributed by atoms with Gasteiger partial charge in [0.2, 0.25) is 5.91 Å². The fraction of sp³-hybridized carbons (Fsp3) is 0.500. The quantitative estimate of drug-likeness (QED) is 0.407. The van der Waals surface area contributed by atoms with E-state index >= 15 is 0 Å². The third-order valence-electron chi connectivity index (χ3n) is 3.18. The average Bonchev–Trinajstić information content (AvgIpc) is 2.82. The van der Waals surface area contributed by atoms with Gasteiger partial charge in [0, 0.05) is 6.42 Å². The number of unbranched alkanes of at least 4 members (excludes halogenated alkanes) is 3. The summed E-state index contributed by atoms with van der Waals surface area (Å²) < 4.78 is 0. The number of amides is 3. The minimum absolute atomic E-state index is 0.0151. The molecular formula is C14H22N4O3S. The first-order valence-electron chi connectivity index (χ1n) is 7.11. The Hall–Kier alpha value is -1.96. The molecule has 1 aromatic rings. The summed E-state index contributed by atoms with van der Waals surface area (Å²) >= 11 is 1.21. The molecule has 0 saturated carbocycles. The van der Waals surface area contributed by atoms with Crippen molar-refractivity contribution in [1.29, 1.82) is 0 Å². The first-order valence-corrected chi connectivity index (χ1v) is 8.34. The van der Waals surface area contributed by atoms with Crippen LogP contribution in [0.4, 0.5) is 5.82 Å². The van der Waals surface area contributed by atoms with Gasteiger partial charge < -0.3 is 21.8 Å². The summed E-state index contributed by atoms with van der Waals surface area (Å²) in [6.07, 6.45) is 5.97. The van der Waals surface area contributed by atoms with Gasteiger partial charge in [-0.2, -0.15) is 0 Å². The highest BCUT2D eigenvalue weighted by atomic mass is 32.2. The Balaban J connectivity index is 2.92. The van der Waals surface area contributed by atoms with Crippen LogP contribution in [0.2, 0.25) is 0 Å². The molecule has 0 aliphatic rings. The third-order valence-corrected chi connectivity index (χ3v) is 3.90. The number of hydrogen-bond acceptors (Lipinski definition) is 4. The third kappa shape index (κ3) is 4.52. The van der Waals surface area contributed by atoms with Gasteiger partial charge in [0.05, 0.1) is 16.2 Å². The molecule has 22 heavy (non-hydrogen) atoms. The lowest BCUT2D eigenvalue weighted by Crippen LogP contribution is -2.22. The van der Waals surface area contributed by atoms with Crippen molar-refractivity contribution in [2.24, 2.45) is 11.5 Å². The van der Waals surface area contributed by atoms with E-state index in [-0.39, 0.29) is 22.9 Å². The number of H-pyrrole nitrogens is 1. The van der Waals surface area contributed by atoms with Crippen LogP contribution in [0.5, 0.6) is 0 Å². The number of nitrogens with one attached hydrogen (secondary N) is 2. The van der Waals surface area contributed by atoms with Gasteiger partial charge in [-0.3, -0.25) is 14.4 Å². The van der Waals surface area contributed by atoms with Crippen LogP contribution >= 0.6 is 11.8 Å². The maximum Gasteiger partial charge on any atom is 0.253 e. The van der Waals surface area contributed by atoms with Gasteiger partial charge in [-0.25, -0.2) is 0 Å². The summed E-state index contributed by atoms with van der Waals surface area (Å²) in [5.74, 6) is -1.68. The van der Waals surface area contributed by atoms with Gasteiger partial charge >= 0.3 is 0 Å². The number of carbonyl (C=O) groups excluding carboxylic acids is 3. The molecule has 0 fully saturated rings. The molecule has 0 aliphatic carbocycles. The molecule has 8 heteroatoms. The lowest BCUT2D eigenvalue weighted by Gasteiger charge is -2.05. The van der Waals surface area contributed by atoms with Gasteiger partial charge in [-0.1, -0.05) is 26.2 Å². The Morgan fingerprint density at radius 1 is 1.09 bits per heavy atom.